The number of anilines is 2. The van der Waals surface area contributed by atoms with Gasteiger partial charge >= 0.3 is 0 Å². The zero-order chi connectivity index (χ0) is 25.1. The van der Waals surface area contributed by atoms with Gasteiger partial charge in [0.15, 0.2) is 6.61 Å². The van der Waals surface area contributed by atoms with Crippen LogP contribution in [-0.4, -0.2) is 24.3 Å². The number of para-hydroxylation sites is 2. The van der Waals surface area contributed by atoms with Crippen molar-refractivity contribution in [1.82, 2.24) is 5.43 Å². The lowest BCUT2D eigenvalue weighted by atomic mass is 10.0. The summed E-state index contributed by atoms with van der Waals surface area (Å²) in [7, 11) is 0. The molecule has 4 aromatic rings. The van der Waals surface area contributed by atoms with E-state index in [0.29, 0.717) is 17.0 Å². The fourth-order valence-corrected chi connectivity index (χ4v) is 3.90. The summed E-state index contributed by atoms with van der Waals surface area (Å²) >= 11 is 0. The highest BCUT2D eigenvalue weighted by Gasteiger charge is 2.34. The number of rotatable bonds is 6. The zero-order valence-corrected chi connectivity index (χ0v) is 18.9. The molecule has 1 fully saturated rings. The third-order valence-corrected chi connectivity index (χ3v) is 5.63. The molecular weight excluding hydrogens is 461 g/mol. The third kappa shape index (κ3) is 4.52. The second-order valence-electron chi connectivity index (χ2n) is 7.99. The third-order valence-electron chi connectivity index (χ3n) is 5.63. The fourth-order valence-electron chi connectivity index (χ4n) is 3.90. The maximum absolute atomic E-state index is 13.9. The number of ether oxygens (including phenoxy) is 1. The number of carbonyl (C=O) groups excluding carboxylic acids is 3. The summed E-state index contributed by atoms with van der Waals surface area (Å²) in [6, 6.07) is 25.5. The Morgan fingerprint density at radius 2 is 1.64 bits per heavy atom. The molecule has 3 amide bonds. The number of amides is 3. The van der Waals surface area contributed by atoms with E-state index >= 15 is 0 Å². The Bertz CT molecular complexity index is 1520. The maximum atomic E-state index is 13.9. The molecule has 7 nitrogen and oxygen atoms in total. The molecule has 4 aromatic carbocycles. The van der Waals surface area contributed by atoms with E-state index < -0.39 is 30.1 Å². The number of hydrogen-bond donors (Lipinski definition) is 2. The van der Waals surface area contributed by atoms with Crippen LogP contribution >= 0.6 is 0 Å². The van der Waals surface area contributed by atoms with Crippen LogP contribution < -0.4 is 20.5 Å². The van der Waals surface area contributed by atoms with E-state index in [1.807, 2.05) is 36.4 Å². The molecule has 8 heteroatoms. The number of hydrogen-bond acceptors (Lipinski definition) is 4. The quantitative estimate of drug-likeness (QED) is 0.315. The van der Waals surface area contributed by atoms with Crippen molar-refractivity contribution >= 4 is 45.9 Å². The van der Waals surface area contributed by atoms with Gasteiger partial charge < -0.3 is 10.1 Å². The van der Waals surface area contributed by atoms with Gasteiger partial charge in [0.05, 0.1) is 11.4 Å². The van der Waals surface area contributed by atoms with Crippen LogP contribution in [0.5, 0.6) is 5.75 Å². The molecule has 36 heavy (non-hydrogen) atoms. The van der Waals surface area contributed by atoms with Crippen LogP contribution in [0, 0.1) is 5.82 Å². The summed E-state index contributed by atoms with van der Waals surface area (Å²) in [5, 5.41) is 5.24. The number of fused-ring (bicyclic) bond motifs is 1. The minimum absolute atomic E-state index is 0.0428. The molecule has 1 saturated heterocycles. The lowest BCUT2D eigenvalue weighted by Gasteiger charge is -2.14. The van der Waals surface area contributed by atoms with Gasteiger partial charge in [0.2, 0.25) is 0 Å². The minimum Gasteiger partial charge on any atom is -0.483 e. The first kappa shape index (κ1) is 22.8. The van der Waals surface area contributed by atoms with Gasteiger partial charge in [-0.2, -0.15) is 0 Å². The van der Waals surface area contributed by atoms with Gasteiger partial charge in [-0.1, -0.05) is 60.7 Å². The maximum Gasteiger partial charge on any atom is 0.282 e. The number of nitrogens with zero attached hydrogens (tertiary/aromatic N) is 1. The molecule has 0 saturated carbocycles. The molecule has 0 aliphatic carbocycles. The Morgan fingerprint density at radius 3 is 2.44 bits per heavy atom. The van der Waals surface area contributed by atoms with Crippen LogP contribution in [-0.2, 0) is 14.4 Å². The molecule has 0 unspecified atom stereocenters. The normalized spacial score (nSPS) is 14.2. The molecule has 178 valence electrons. The molecule has 1 heterocycles. The SMILES string of the molecule is O=C(COc1ccc2ccccc2c1C=C1C(=O)NN(c2ccccc2)C1=O)Nc1ccccc1F. The lowest BCUT2D eigenvalue weighted by Crippen LogP contribution is -2.35. The predicted molar refractivity (Wildman–Crippen MR) is 135 cm³/mol. The molecule has 0 atom stereocenters. The fraction of sp³-hybridized carbons (Fsp3) is 0.0357. The van der Waals surface area contributed by atoms with Crippen molar-refractivity contribution < 1.29 is 23.5 Å². The zero-order valence-electron chi connectivity index (χ0n) is 18.9. The number of halogens is 1. The second-order valence-corrected chi connectivity index (χ2v) is 7.99. The molecular formula is C28H20FN3O4. The van der Waals surface area contributed by atoms with Gasteiger partial charge in [0.25, 0.3) is 17.7 Å². The minimum atomic E-state index is -0.560. The Balaban J connectivity index is 1.46. The Kier molecular flexibility index (Phi) is 6.15. The summed E-state index contributed by atoms with van der Waals surface area (Å²) in [4.78, 5) is 38.3. The molecule has 5 rings (SSSR count). The van der Waals surface area contributed by atoms with Crippen LogP contribution in [0.15, 0.2) is 96.6 Å². The van der Waals surface area contributed by atoms with Crippen molar-refractivity contribution in [1.29, 1.82) is 0 Å². The average molecular weight is 481 g/mol. The largest absolute Gasteiger partial charge is 0.483 e. The Hall–Kier alpha value is -4.98. The van der Waals surface area contributed by atoms with Crippen molar-refractivity contribution in [2.45, 2.75) is 0 Å². The van der Waals surface area contributed by atoms with E-state index in [4.69, 9.17) is 4.74 Å². The van der Waals surface area contributed by atoms with Gasteiger partial charge in [0.1, 0.15) is 17.1 Å². The molecule has 2 N–H and O–H groups in total. The summed E-state index contributed by atoms with van der Waals surface area (Å²) < 4.78 is 19.6. The van der Waals surface area contributed by atoms with Gasteiger partial charge in [0, 0.05) is 5.56 Å². The van der Waals surface area contributed by atoms with Crippen molar-refractivity contribution in [2.75, 3.05) is 16.9 Å². The lowest BCUT2D eigenvalue weighted by molar-refractivity contribution is -0.118. The van der Waals surface area contributed by atoms with Crippen LogP contribution in [0.2, 0.25) is 0 Å². The van der Waals surface area contributed by atoms with E-state index in [1.165, 1.54) is 29.3 Å². The van der Waals surface area contributed by atoms with E-state index in [9.17, 15) is 18.8 Å². The molecule has 1 aliphatic heterocycles. The van der Waals surface area contributed by atoms with Crippen LogP contribution in [0.25, 0.3) is 16.8 Å². The van der Waals surface area contributed by atoms with Crippen molar-refractivity contribution in [2.24, 2.45) is 0 Å². The van der Waals surface area contributed by atoms with Crippen LogP contribution in [0.4, 0.5) is 15.8 Å². The van der Waals surface area contributed by atoms with E-state index in [2.05, 4.69) is 10.7 Å². The summed E-state index contributed by atoms with van der Waals surface area (Å²) in [5.74, 6) is -1.89. The highest BCUT2D eigenvalue weighted by atomic mass is 19.1. The van der Waals surface area contributed by atoms with Crippen LogP contribution in [0.3, 0.4) is 0 Å². The van der Waals surface area contributed by atoms with Crippen molar-refractivity contribution in [3.05, 3.63) is 108 Å². The first-order valence-corrected chi connectivity index (χ1v) is 11.1. The van der Waals surface area contributed by atoms with Crippen LogP contribution in [0.1, 0.15) is 5.56 Å². The van der Waals surface area contributed by atoms with Gasteiger partial charge in [-0.3, -0.25) is 19.8 Å². The van der Waals surface area contributed by atoms with Crippen molar-refractivity contribution in [3.8, 4) is 5.75 Å². The van der Waals surface area contributed by atoms with Crippen molar-refractivity contribution in [3.63, 3.8) is 0 Å². The summed E-state index contributed by atoms with van der Waals surface area (Å²) in [6.45, 7) is -0.404. The Labute approximate surface area is 205 Å². The standard InChI is InChI=1S/C28H20FN3O4/c29-23-12-6-7-13-24(23)30-26(33)17-36-25-15-14-18-8-4-5-11-20(18)21(25)16-22-27(34)31-32(28(22)35)19-9-2-1-3-10-19/h1-16H,17H2,(H,30,33)(H,31,34). The highest BCUT2D eigenvalue weighted by Crippen LogP contribution is 2.32. The van der Waals surface area contributed by atoms with Gasteiger partial charge in [-0.25, -0.2) is 9.40 Å². The monoisotopic (exact) mass is 481 g/mol. The summed E-state index contributed by atoms with van der Waals surface area (Å²) in [6.07, 6.45) is 1.47. The number of nitrogens with one attached hydrogen (secondary N) is 2. The van der Waals surface area contributed by atoms with Gasteiger partial charge in [-0.05, 0) is 47.2 Å². The van der Waals surface area contributed by atoms with Gasteiger partial charge in [-0.15, -0.1) is 0 Å². The Morgan fingerprint density at radius 1 is 0.917 bits per heavy atom. The molecule has 0 radical (unpaired) electrons. The molecule has 0 aromatic heterocycles. The number of carbonyl (C=O) groups is 3. The predicted octanol–water partition coefficient (Wildman–Crippen LogP) is 4.46. The van der Waals surface area contributed by atoms with E-state index in [-0.39, 0.29) is 11.3 Å². The summed E-state index contributed by atoms with van der Waals surface area (Å²) in [5.41, 5.74) is 3.54. The van der Waals surface area contributed by atoms with E-state index in [0.717, 1.165) is 10.8 Å². The molecule has 0 spiro atoms. The first-order valence-electron chi connectivity index (χ1n) is 11.1. The topological polar surface area (TPSA) is 87.7 Å². The van der Waals surface area contributed by atoms with E-state index in [1.54, 1.807) is 36.4 Å². The second kappa shape index (κ2) is 9.71. The first-order chi connectivity index (χ1) is 17.5. The smallest absolute Gasteiger partial charge is 0.282 e. The molecule has 0 bridgehead atoms. The average Bonchev–Trinajstić information content (AvgIpc) is 3.18. The molecule has 1 aliphatic rings. The highest BCUT2D eigenvalue weighted by molar-refractivity contribution is 6.32. The number of hydrazine groups is 1. The number of benzene rings is 4.